The van der Waals surface area contributed by atoms with Crippen LogP contribution in [0.25, 0.3) is 0 Å². The summed E-state index contributed by atoms with van der Waals surface area (Å²) in [5.74, 6) is 7.28. The van der Waals surface area contributed by atoms with Crippen molar-refractivity contribution in [2.24, 2.45) is 17.7 Å². The summed E-state index contributed by atoms with van der Waals surface area (Å²) in [6.07, 6.45) is 6.45. The van der Waals surface area contributed by atoms with Crippen LogP contribution < -0.4 is 11.3 Å². The predicted molar refractivity (Wildman–Crippen MR) is 77.3 cm³/mol. The van der Waals surface area contributed by atoms with Crippen molar-refractivity contribution < 1.29 is 0 Å². The minimum Gasteiger partial charge on any atom is -0.271 e. The molecule has 2 nitrogen and oxygen atoms in total. The highest BCUT2D eigenvalue weighted by atomic mass is 35.5. The van der Waals surface area contributed by atoms with Gasteiger partial charge in [-0.05, 0) is 36.3 Å². The van der Waals surface area contributed by atoms with Crippen LogP contribution in [0.4, 0.5) is 0 Å². The highest BCUT2D eigenvalue weighted by Gasteiger charge is 2.28. The molecule has 18 heavy (non-hydrogen) atoms. The van der Waals surface area contributed by atoms with Crippen LogP contribution in [0.5, 0.6) is 0 Å². The van der Waals surface area contributed by atoms with Gasteiger partial charge >= 0.3 is 0 Å². The minimum absolute atomic E-state index is 0.191. The van der Waals surface area contributed by atoms with Crippen LogP contribution in [0.1, 0.15) is 50.6 Å². The van der Waals surface area contributed by atoms with E-state index in [-0.39, 0.29) is 6.04 Å². The lowest BCUT2D eigenvalue weighted by Crippen LogP contribution is -2.35. The number of rotatable bonds is 4. The molecule has 1 unspecified atom stereocenters. The molecule has 1 saturated carbocycles. The van der Waals surface area contributed by atoms with E-state index in [1.54, 1.807) is 0 Å². The summed E-state index contributed by atoms with van der Waals surface area (Å²) in [6.45, 7) is 2.29. The number of benzene rings is 1. The first kappa shape index (κ1) is 13.9. The summed E-state index contributed by atoms with van der Waals surface area (Å²) in [4.78, 5) is 0. The zero-order valence-electron chi connectivity index (χ0n) is 11.0. The van der Waals surface area contributed by atoms with Crippen molar-refractivity contribution >= 4 is 11.6 Å². The molecule has 0 saturated heterocycles. The summed E-state index contributed by atoms with van der Waals surface area (Å²) >= 11 is 6.28. The Morgan fingerprint density at radius 1 is 1.28 bits per heavy atom. The van der Waals surface area contributed by atoms with E-state index < -0.39 is 0 Å². The number of hydrogen-bond donors (Lipinski definition) is 2. The summed E-state index contributed by atoms with van der Waals surface area (Å²) < 4.78 is 0. The van der Waals surface area contributed by atoms with Gasteiger partial charge in [-0.3, -0.25) is 11.3 Å². The van der Waals surface area contributed by atoms with Gasteiger partial charge in [-0.25, -0.2) is 0 Å². The lowest BCUT2D eigenvalue weighted by molar-refractivity contribution is 0.219. The van der Waals surface area contributed by atoms with Gasteiger partial charge in [0.1, 0.15) is 0 Å². The molecule has 1 aliphatic carbocycles. The number of halogens is 1. The summed E-state index contributed by atoms with van der Waals surface area (Å²) in [5, 5.41) is 0.818. The van der Waals surface area contributed by atoms with Crippen molar-refractivity contribution in [2.45, 2.75) is 45.1 Å². The number of hydrazine groups is 1. The Kier molecular flexibility index (Phi) is 5.04. The molecule has 2 rings (SSSR count). The molecule has 0 amide bonds. The van der Waals surface area contributed by atoms with E-state index >= 15 is 0 Å². The molecule has 3 N–H and O–H groups in total. The van der Waals surface area contributed by atoms with Gasteiger partial charge in [0, 0.05) is 5.02 Å². The van der Waals surface area contributed by atoms with E-state index in [0.29, 0.717) is 5.92 Å². The molecule has 1 atom stereocenters. The quantitative estimate of drug-likeness (QED) is 0.637. The molecular weight excluding hydrogens is 244 g/mol. The molecule has 1 aliphatic rings. The van der Waals surface area contributed by atoms with Gasteiger partial charge in [-0.1, -0.05) is 56.0 Å². The Labute approximate surface area is 115 Å². The van der Waals surface area contributed by atoms with Crippen LogP contribution in [-0.2, 0) is 0 Å². The van der Waals surface area contributed by atoms with E-state index in [0.717, 1.165) is 16.5 Å². The molecule has 0 bridgehead atoms. The Morgan fingerprint density at radius 3 is 2.50 bits per heavy atom. The SMILES string of the molecule is CCC1CCC(C(NN)c2ccccc2Cl)CC1. The molecule has 100 valence electrons. The molecule has 0 spiro atoms. The molecular formula is C15H23ClN2. The van der Waals surface area contributed by atoms with Crippen molar-refractivity contribution in [1.29, 1.82) is 0 Å². The average Bonchev–Trinajstić information content (AvgIpc) is 2.42. The third-order valence-electron chi connectivity index (χ3n) is 4.36. The fourth-order valence-electron chi connectivity index (χ4n) is 3.14. The molecule has 0 heterocycles. The first-order valence-corrected chi connectivity index (χ1v) is 7.34. The molecule has 1 aromatic rings. The second-order valence-electron chi connectivity index (χ2n) is 5.35. The predicted octanol–water partition coefficient (Wildman–Crippen LogP) is 4.06. The number of hydrogen-bond acceptors (Lipinski definition) is 2. The number of nitrogens with one attached hydrogen (secondary N) is 1. The van der Waals surface area contributed by atoms with Gasteiger partial charge < -0.3 is 0 Å². The summed E-state index contributed by atoms with van der Waals surface area (Å²) in [7, 11) is 0. The largest absolute Gasteiger partial charge is 0.271 e. The molecule has 3 heteroatoms. The maximum atomic E-state index is 6.28. The Balaban J connectivity index is 2.08. The molecule has 1 aromatic carbocycles. The first-order valence-electron chi connectivity index (χ1n) is 6.96. The van der Waals surface area contributed by atoms with Crippen molar-refractivity contribution in [3.63, 3.8) is 0 Å². The van der Waals surface area contributed by atoms with Crippen molar-refractivity contribution in [3.8, 4) is 0 Å². The molecule has 0 radical (unpaired) electrons. The second-order valence-corrected chi connectivity index (χ2v) is 5.76. The van der Waals surface area contributed by atoms with Crippen molar-refractivity contribution in [2.75, 3.05) is 0 Å². The van der Waals surface area contributed by atoms with Gasteiger partial charge in [0.25, 0.3) is 0 Å². The van der Waals surface area contributed by atoms with Crippen LogP contribution >= 0.6 is 11.6 Å². The lowest BCUT2D eigenvalue weighted by Gasteiger charge is -2.33. The Bertz CT molecular complexity index is 373. The molecule has 0 aliphatic heterocycles. The number of nitrogens with two attached hydrogens (primary N) is 1. The zero-order valence-corrected chi connectivity index (χ0v) is 11.8. The monoisotopic (exact) mass is 266 g/mol. The van der Waals surface area contributed by atoms with Crippen molar-refractivity contribution in [3.05, 3.63) is 34.9 Å². The van der Waals surface area contributed by atoms with E-state index in [2.05, 4.69) is 18.4 Å². The Morgan fingerprint density at radius 2 is 1.94 bits per heavy atom. The highest BCUT2D eigenvalue weighted by Crippen LogP contribution is 2.39. The van der Waals surface area contributed by atoms with E-state index in [1.165, 1.54) is 32.1 Å². The third kappa shape index (κ3) is 3.05. The Hall–Kier alpha value is -0.570. The van der Waals surface area contributed by atoms with Gasteiger partial charge in [0.2, 0.25) is 0 Å². The van der Waals surface area contributed by atoms with Crippen LogP contribution in [0, 0.1) is 11.8 Å². The van der Waals surface area contributed by atoms with Gasteiger partial charge in [0.15, 0.2) is 0 Å². The second kappa shape index (κ2) is 6.55. The topological polar surface area (TPSA) is 38.0 Å². The van der Waals surface area contributed by atoms with Crippen LogP contribution in [0.3, 0.4) is 0 Å². The van der Waals surface area contributed by atoms with E-state index in [9.17, 15) is 0 Å². The van der Waals surface area contributed by atoms with Crippen LogP contribution in [0.2, 0.25) is 5.02 Å². The van der Waals surface area contributed by atoms with Gasteiger partial charge in [-0.2, -0.15) is 0 Å². The lowest BCUT2D eigenvalue weighted by atomic mass is 9.76. The first-order chi connectivity index (χ1) is 8.76. The maximum absolute atomic E-state index is 6.28. The fraction of sp³-hybridized carbons (Fsp3) is 0.600. The minimum atomic E-state index is 0.191. The molecule has 1 fully saturated rings. The zero-order chi connectivity index (χ0) is 13.0. The normalized spacial score (nSPS) is 25.9. The summed E-state index contributed by atoms with van der Waals surface area (Å²) in [6, 6.07) is 8.21. The third-order valence-corrected chi connectivity index (χ3v) is 4.70. The smallest absolute Gasteiger partial charge is 0.0502 e. The average molecular weight is 267 g/mol. The van der Waals surface area contributed by atoms with Gasteiger partial charge in [-0.15, -0.1) is 0 Å². The fourth-order valence-corrected chi connectivity index (χ4v) is 3.39. The van der Waals surface area contributed by atoms with Crippen LogP contribution in [-0.4, -0.2) is 0 Å². The van der Waals surface area contributed by atoms with E-state index in [4.69, 9.17) is 17.4 Å². The highest BCUT2D eigenvalue weighted by molar-refractivity contribution is 6.31. The molecule has 0 aromatic heterocycles. The van der Waals surface area contributed by atoms with E-state index in [1.807, 2.05) is 18.2 Å². The summed E-state index contributed by atoms with van der Waals surface area (Å²) in [5.41, 5.74) is 4.12. The van der Waals surface area contributed by atoms with Crippen molar-refractivity contribution in [1.82, 2.24) is 5.43 Å². The van der Waals surface area contributed by atoms with Gasteiger partial charge in [0.05, 0.1) is 6.04 Å². The maximum Gasteiger partial charge on any atom is 0.0502 e. The standard InChI is InChI=1S/C15H23ClN2/c1-2-11-7-9-12(10-8-11)15(18-17)13-5-3-4-6-14(13)16/h3-6,11-12,15,18H,2,7-10,17H2,1H3. The van der Waals surface area contributed by atoms with Crippen LogP contribution in [0.15, 0.2) is 24.3 Å².